The summed E-state index contributed by atoms with van der Waals surface area (Å²) in [6.07, 6.45) is -1.25. The molecule has 0 spiro atoms. The lowest BCUT2D eigenvalue weighted by Crippen LogP contribution is -2.45. The van der Waals surface area contributed by atoms with Crippen LogP contribution in [0.3, 0.4) is 0 Å². The van der Waals surface area contributed by atoms with Gasteiger partial charge in [0.05, 0.1) is 12.7 Å². The summed E-state index contributed by atoms with van der Waals surface area (Å²) < 4.78 is 7.13. The number of carbonyl (C=O) groups is 1. The number of benzene rings is 1. The molecule has 1 fully saturated rings. The number of aliphatic hydroxyl groups is 2. The van der Waals surface area contributed by atoms with Crippen molar-refractivity contribution in [1.29, 1.82) is 0 Å². The predicted octanol–water partition coefficient (Wildman–Crippen LogP) is -0.352. The first-order valence-electron chi connectivity index (χ1n) is 7.83. The zero-order chi connectivity index (χ0) is 18.1. The summed E-state index contributed by atoms with van der Waals surface area (Å²) >= 11 is 0. The first kappa shape index (κ1) is 17.3. The topological polar surface area (TPSA) is 111 Å². The third-order valence-electron chi connectivity index (χ3n) is 4.20. The van der Waals surface area contributed by atoms with Crippen LogP contribution in [0.5, 0.6) is 0 Å². The zero-order valence-electron chi connectivity index (χ0n) is 13.5. The third kappa shape index (κ3) is 3.07. The molecule has 25 heavy (non-hydrogen) atoms. The zero-order valence-corrected chi connectivity index (χ0v) is 13.5. The predicted molar refractivity (Wildman–Crippen MR) is 87.5 cm³/mol. The van der Waals surface area contributed by atoms with Crippen molar-refractivity contribution in [3.63, 3.8) is 0 Å². The van der Waals surface area contributed by atoms with E-state index in [1.165, 1.54) is 25.3 Å². The first-order valence-corrected chi connectivity index (χ1v) is 7.83. The summed E-state index contributed by atoms with van der Waals surface area (Å²) in [4.78, 5) is 37.7. The standard InChI is InChI=1S/C17H18N2O6/c1-10-8-18(14-7-12(21)13(9-20)25-14)17(24)19(15(10)22)16(23)11-5-3-2-4-6-11/h2-6,8,12-14,20-21H,7,9H2,1H3/t12-,13-,14-/m1/s1. The van der Waals surface area contributed by atoms with Crippen LogP contribution in [-0.4, -0.2) is 44.1 Å². The van der Waals surface area contributed by atoms with Gasteiger partial charge in [0.1, 0.15) is 12.3 Å². The maximum Gasteiger partial charge on any atom is 0.340 e. The lowest BCUT2D eigenvalue weighted by atomic mass is 10.2. The second-order valence-electron chi connectivity index (χ2n) is 5.93. The Bertz CT molecular complexity index is 902. The van der Waals surface area contributed by atoms with E-state index in [1.54, 1.807) is 18.2 Å². The Morgan fingerprint density at radius 3 is 2.56 bits per heavy atom. The van der Waals surface area contributed by atoms with E-state index in [-0.39, 0.29) is 17.5 Å². The van der Waals surface area contributed by atoms with E-state index in [2.05, 4.69) is 0 Å². The van der Waals surface area contributed by atoms with E-state index in [0.29, 0.717) is 4.57 Å². The second-order valence-corrected chi connectivity index (χ2v) is 5.93. The molecule has 3 atom stereocenters. The summed E-state index contributed by atoms with van der Waals surface area (Å²) in [6.45, 7) is 1.09. The van der Waals surface area contributed by atoms with Gasteiger partial charge in [-0.1, -0.05) is 18.2 Å². The van der Waals surface area contributed by atoms with Gasteiger partial charge in [0.2, 0.25) is 0 Å². The molecule has 1 aromatic carbocycles. The molecule has 3 rings (SSSR count). The Morgan fingerprint density at radius 1 is 1.28 bits per heavy atom. The number of hydrogen-bond donors (Lipinski definition) is 2. The quantitative estimate of drug-likeness (QED) is 0.786. The van der Waals surface area contributed by atoms with Gasteiger partial charge in [-0.25, -0.2) is 4.79 Å². The summed E-state index contributed by atoms with van der Waals surface area (Å²) in [6, 6.07) is 8.01. The van der Waals surface area contributed by atoms with E-state index in [9.17, 15) is 24.6 Å². The van der Waals surface area contributed by atoms with Gasteiger partial charge in [-0.2, -0.15) is 4.57 Å². The van der Waals surface area contributed by atoms with Crippen molar-refractivity contribution >= 4 is 5.91 Å². The highest BCUT2D eigenvalue weighted by Crippen LogP contribution is 2.27. The molecule has 0 bridgehead atoms. The molecule has 0 radical (unpaired) electrons. The molecule has 0 saturated carbocycles. The molecule has 8 heteroatoms. The van der Waals surface area contributed by atoms with Gasteiger partial charge in [-0.3, -0.25) is 14.2 Å². The largest absolute Gasteiger partial charge is 0.394 e. The maximum atomic E-state index is 12.7. The summed E-state index contributed by atoms with van der Waals surface area (Å²) in [5.41, 5.74) is -1.15. The van der Waals surface area contributed by atoms with Gasteiger partial charge in [0.15, 0.2) is 0 Å². The average molecular weight is 346 g/mol. The minimum atomic E-state index is -0.938. The summed E-state index contributed by atoms with van der Waals surface area (Å²) in [5.74, 6) is -0.731. The Balaban J connectivity index is 2.09. The molecular weight excluding hydrogens is 328 g/mol. The van der Waals surface area contributed by atoms with Crippen LogP contribution in [-0.2, 0) is 4.74 Å². The van der Waals surface area contributed by atoms with Crippen molar-refractivity contribution in [2.45, 2.75) is 31.8 Å². The maximum absolute atomic E-state index is 12.7. The Morgan fingerprint density at radius 2 is 1.96 bits per heavy atom. The monoisotopic (exact) mass is 346 g/mol. The van der Waals surface area contributed by atoms with Crippen molar-refractivity contribution in [3.8, 4) is 0 Å². The molecule has 0 aliphatic carbocycles. The second kappa shape index (κ2) is 6.75. The van der Waals surface area contributed by atoms with Crippen LogP contribution in [0.1, 0.15) is 28.6 Å². The van der Waals surface area contributed by atoms with Crippen LogP contribution >= 0.6 is 0 Å². The van der Waals surface area contributed by atoms with Crippen LogP contribution in [0.25, 0.3) is 0 Å². The molecular formula is C17H18N2O6. The van der Waals surface area contributed by atoms with Crippen molar-refractivity contribution in [1.82, 2.24) is 9.13 Å². The number of carbonyl (C=O) groups excluding carboxylic acids is 1. The fourth-order valence-corrected chi connectivity index (χ4v) is 2.84. The van der Waals surface area contributed by atoms with Gasteiger partial charge in [-0.15, -0.1) is 0 Å². The van der Waals surface area contributed by atoms with Crippen LogP contribution in [0, 0.1) is 6.92 Å². The van der Waals surface area contributed by atoms with E-state index in [1.807, 2.05) is 0 Å². The number of nitrogens with zero attached hydrogens (tertiary/aromatic N) is 2. The molecule has 1 aliphatic heterocycles. The van der Waals surface area contributed by atoms with Gasteiger partial charge in [0, 0.05) is 23.7 Å². The minimum absolute atomic E-state index is 0.0717. The van der Waals surface area contributed by atoms with Crippen molar-refractivity contribution in [2.75, 3.05) is 6.61 Å². The average Bonchev–Trinajstić information content (AvgIpc) is 2.99. The molecule has 2 heterocycles. The number of hydrogen-bond acceptors (Lipinski definition) is 6. The van der Waals surface area contributed by atoms with E-state index in [4.69, 9.17) is 4.74 Å². The van der Waals surface area contributed by atoms with Crippen LogP contribution < -0.4 is 11.2 Å². The molecule has 2 aromatic rings. The summed E-state index contributed by atoms with van der Waals surface area (Å²) in [5, 5.41) is 19.0. The van der Waals surface area contributed by atoms with Crippen molar-refractivity contribution in [3.05, 3.63) is 68.5 Å². The molecule has 0 unspecified atom stereocenters. The van der Waals surface area contributed by atoms with E-state index in [0.717, 1.165) is 4.57 Å². The van der Waals surface area contributed by atoms with E-state index < -0.39 is 42.2 Å². The van der Waals surface area contributed by atoms with Crippen molar-refractivity contribution in [2.24, 2.45) is 0 Å². The molecule has 1 aliphatic rings. The Hall–Kier alpha value is -2.55. The normalized spacial score (nSPS) is 22.9. The highest BCUT2D eigenvalue weighted by molar-refractivity contribution is 5.95. The Kier molecular flexibility index (Phi) is 4.67. The fraction of sp³-hybridized carbons (Fsp3) is 0.353. The number of aryl methyl sites for hydroxylation is 1. The lowest BCUT2D eigenvalue weighted by molar-refractivity contribution is -0.0462. The van der Waals surface area contributed by atoms with Gasteiger partial charge >= 0.3 is 5.69 Å². The van der Waals surface area contributed by atoms with Crippen LogP contribution in [0.2, 0.25) is 0 Å². The van der Waals surface area contributed by atoms with Gasteiger partial charge in [-0.05, 0) is 19.1 Å². The van der Waals surface area contributed by atoms with Gasteiger partial charge in [0.25, 0.3) is 11.5 Å². The number of ether oxygens (including phenoxy) is 1. The number of aliphatic hydroxyl groups excluding tert-OH is 2. The third-order valence-corrected chi connectivity index (χ3v) is 4.20. The molecule has 1 aromatic heterocycles. The highest BCUT2D eigenvalue weighted by atomic mass is 16.5. The highest BCUT2D eigenvalue weighted by Gasteiger charge is 2.35. The molecule has 132 valence electrons. The molecule has 1 saturated heterocycles. The van der Waals surface area contributed by atoms with Crippen molar-refractivity contribution < 1.29 is 19.7 Å². The molecule has 2 N–H and O–H groups in total. The smallest absolute Gasteiger partial charge is 0.340 e. The van der Waals surface area contributed by atoms with E-state index >= 15 is 0 Å². The van der Waals surface area contributed by atoms with Crippen LogP contribution in [0.15, 0.2) is 46.1 Å². The summed E-state index contributed by atoms with van der Waals surface area (Å²) in [7, 11) is 0. The SMILES string of the molecule is Cc1cn([C@H]2C[C@@H](O)[C@@H](CO)O2)c(=O)n(C(=O)c2ccccc2)c1=O. The number of rotatable bonds is 3. The fourth-order valence-electron chi connectivity index (χ4n) is 2.84. The lowest BCUT2D eigenvalue weighted by Gasteiger charge is -2.17. The van der Waals surface area contributed by atoms with Crippen LogP contribution in [0.4, 0.5) is 0 Å². The minimum Gasteiger partial charge on any atom is -0.394 e. The van der Waals surface area contributed by atoms with Gasteiger partial charge < -0.3 is 14.9 Å². The Labute approximate surface area is 142 Å². The molecule has 8 nitrogen and oxygen atoms in total. The molecule has 0 amide bonds. The first-order chi connectivity index (χ1) is 11.9. The number of aromatic nitrogens is 2.